The number of anilines is 2. The number of fused-ring (bicyclic) bond motifs is 1. The molecule has 0 unspecified atom stereocenters. The van der Waals surface area contributed by atoms with Gasteiger partial charge >= 0.3 is 11.8 Å². The Balaban J connectivity index is 1.67. The van der Waals surface area contributed by atoms with Gasteiger partial charge < -0.3 is 10.6 Å². The van der Waals surface area contributed by atoms with Gasteiger partial charge in [-0.2, -0.15) is 5.10 Å². The first kappa shape index (κ1) is 14.5. The number of aromatic amines is 1. The zero-order valence-corrected chi connectivity index (χ0v) is 13.4. The van der Waals surface area contributed by atoms with Crippen LogP contribution >= 0.6 is 22.6 Å². The number of halogens is 1. The summed E-state index contributed by atoms with van der Waals surface area (Å²) in [6.45, 7) is 0. The van der Waals surface area contributed by atoms with E-state index >= 15 is 0 Å². The molecule has 0 fully saturated rings. The van der Waals surface area contributed by atoms with Crippen molar-refractivity contribution in [2.45, 2.75) is 0 Å². The van der Waals surface area contributed by atoms with Gasteiger partial charge in [-0.15, -0.1) is 0 Å². The molecule has 1 heterocycles. The van der Waals surface area contributed by atoms with E-state index in [0.29, 0.717) is 11.4 Å². The largest absolute Gasteiger partial charge is 0.318 e. The van der Waals surface area contributed by atoms with Gasteiger partial charge in [0.25, 0.3) is 0 Å². The Kier molecular flexibility index (Phi) is 4.05. The van der Waals surface area contributed by atoms with Gasteiger partial charge in [0, 0.05) is 20.3 Å². The Labute approximate surface area is 139 Å². The van der Waals surface area contributed by atoms with Crippen LogP contribution in [0.15, 0.2) is 48.7 Å². The van der Waals surface area contributed by atoms with Crippen molar-refractivity contribution in [1.29, 1.82) is 0 Å². The molecular formula is C15H11IN4O2. The number of carbonyl (C=O) groups excluding carboxylic acids is 2. The summed E-state index contributed by atoms with van der Waals surface area (Å²) in [6.07, 6.45) is 1.68. The van der Waals surface area contributed by atoms with Crippen LogP contribution in [0.25, 0.3) is 10.9 Å². The molecule has 7 heteroatoms. The maximum absolute atomic E-state index is 11.9. The Hall–Kier alpha value is -2.42. The third-order valence-corrected chi connectivity index (χ3v) is 3.73. The maximum Gasteiger partial charge on any atom is 0.314 e. The van der Waals surface area contributed by atoms with Gasteiger partial charge in [-0.25, -0.2) is 0 Å². The van der Waals surface area contributed by atoms with Crippen molar-refractivity contribution in [1.82, 2.24) is 10.2 Å². The molecule has 2 aromatic carbocycles. The number of aromatic nitrogens is 2. The molecule has 1 aromatic heterocycles. The second kappa shape index (κ2) is 6.14. The van der Waals surface area contributed by atoms with Crippen LogP contribution in [0.5, 0.6) is 0 Å². The van der Waals surface area contributed by atoms with Crippen LogP contribution in [-0.2, 0) is 9.59 Å². The van der Waals surface area contributed by atoms with Crippen molar-refractivity contribution in [3.63, 3.8) is 0 Å². The van der Waals surface area contributed by atoms with Crippen molar-refractivity contribution in [3.05, 3.63) is 52.2 Å². The lowest BCUT2D eigenvalue weighted by molar-refractivity contribution is -0.132. The lowest BCUT2D eigenvalue weighted by atomic mass is 10.2. The smallest absolute Gasteiger partial charge is 0.314 e. The molecule has 0 radical (unpaired) electrons. The van der Waals surface area contributed by atoms with E-state index in [1.807, 2.05) is 18.2 Å². The molecule has 110 valence electrons. The van der Waals surface area contributed by atoms with Crippen LogP contribution in [0.3, 0.4) is 0 Å². The number of carbonyl (C=O) groups is 2. The van der Waals surface area contributed by atoms with Gasteiger partial charge in [0.15, 0.2) is 0 Å². The van der Waals surface area contributed by atoms with E-state index in [0.717, 1.165) is 14.5 Å². The van der Waals surface area contributed by atoms with E-state index in [2.05, 4.69) is 43.4 Å². The van der Waals surface area contributed by atoms with Gasteiger partial charge in [0.05, 0.1) is 11.7 Å². The van der Waals surface area contributed by atoms with E-state index in [1.165, 1.54) is 0 Å². The zero-order chi connectivity index (χ0) is 15.5. The standard InChI is InChI=1S/C15H11IN4O2/c16-10-2-5-11(6-3-10)18-14(21)15(22)19-12-4-1-9-8-17-20-13(9)7-12/h1-8H,(H,17,20)(H,18,21)(H,19,22). The number of nitrogens with one attached hydrogen (secondary N) is 3. The van der Waals surface area contributed by atoms with Crippen molar-refractivity contribution >= 4 is 56.7 Å². The van der Waals surface area contributed by atoms with Crippen LogP contribution in [0.1, 0.15) is 0 Å². The van der Waals surface area contributed by atoms with Crippen LogP contribution in [0.2, 0.25) is 0 Å². The van der Waals surface area contributed by atoms with E-state index in [-0.39, 0.29) is 0 Å². The van der Waals surface area contributed by atoms with E-state index in [4.69, 9.17) is 0 Å². The predicted molar refractivity (Wildman–Crippen MR) is 92.5 cm³/mol. The summed E-state index contributed by atoms with van der Waals surface area (Å²) in [5.74, 6) is -1.44. The average molecular weight is 406 g/mol. The third kappa shape index (κ3) is 3.25. The van der Waals surface area contributed by atoms with E-state index in [1.54, 1.807) is 30.5 Å². The highest BCUT2D eigenvalue weighted by Gasteiger charge is 2.14. The second-order valence-corrected chi connectivity index (χ2v) is 5.83. The fraction of sp³-hybridized carbons (Fsp3) is 0. The summed E-state index contributed by atoms with van der Waals surface area (Å²) >= 11 is 2.16. The summed E-state index contributed by atoms with van der Waals surface area (Å²) < 4.78 is 1.05. The topological polar surface area (TPSA) is 86.9 Å². The molecule has 0 bridgehead atoms. The summed E-state index contributed by atoms with van der Waals surface area (Å²) in [4.78, 5) is 23.8. The maximum atomic E-state index is 11.9. The SMILES string of the molecule is O=C(Nc1ccc(I)cc1)C(=O)Nc1ccc2cn[nH]c2c1. The Morgan fingerprint density at radius 3 is 2.32 bits per heavy atom. The monoisotopic (exact) mass is 406 g/mol. The summed E-state index contributed by atoms with van der Waals surface area (Å²) in [6, 6.07) is 12.4. The molecular weight excluding hydrogens is 395 g/mol. The fourth-order valence-electron chi connectivity index (χ4n) is 1.92. The van der Waals surface area contributed by atoms with Gasteiger partial charge in [0.2, 0.25) is 0 Å². The molecule has 22 heavy (non-hydrogen) atoms. The highest BCUT2D eigenvalue weighted by atomic mass is 127. The molecule has 0 aliphatic carbocycles. The first-order valence-corrected chi connectivity index (χ1v) is 7.51. The van der Waals surface area contributed by atoms with Crippen LogP contribution < -0.4 is 10.6 Å². The summed E-state index contributed by atoms with van der Waals surface area (Å²) in [5.41, 5.74) is 1.89. The normalized spacial score (nSPS) is 10.4. The first-order valence-electron chi connectivity index (χ1n) is 6.43. The Morgan fingerprint density at radius 1 is 0.955 bits per heavy atom. The first-order chi connectivity index (χ1) is 10.6. The van der Waals surface area contributed by atoms with Crippen LogP contribution in [-0.4, -0.2) is 22.0 Å². The predicted octanol–water partition coefficient (Wildman–Crippen LogP) is 2.74. The van der Waals surface area contributed by atoms with Crippen LogP contribution in [0, 0.1) is 3.57 Å². The molecule has 3 aromatic rings. The Bertz CT molecular complexity index is 842. The molecule has 0 saturated carbocycles. The quantitative estimate of drug-likeness (QED) is 0.452. The molecule has 3 N–H and O–H groups in total. The van der Waals surface area contributed by atoms with Crippen LogP contribution in [0.4, 0.5) is 11.4 Å². The molecule has 2 amide bonds. The van der Waals surface area contributed by atoms with Gasteiger partial charge in [-0.3, -0.25) is 14.7 Å². The molecule has 0 aliphatic rings. The molecule has 0 saturated heterocycles. The zero-order valence-electron chi connectivity index (χ0n) is 11.3. The third-order valence-electron chi connectivity index (χ3n) is 3.01. The van der Waals surface area contributed by atoms with Gasteiger partial charge in [0.1, 0.15) is 0 Å². The summed E-state index contributed by atoms with van der Waals surface area (Å²) in [7, 11) is 0. The Morgan fingerprint density at radius 2 is 1.59 bits per heavy atom. The summed E-state index contributed by atoms with van der Waals surface area (Å²) in [5, 5.41) is 12.7. The lowest BCUT2D eigenvalue weighted by Crippen LogP contribution is -2.29. The van der Waals surface area contributed by atoms with Crippen molar-refractivity contribution in [3.8, 4) is 0 Å². The number of H-pyrrole nitrogens is 1. The molecule has 6 nitrogen and oxygen atoms in total. The van der Waals surface area contributed by atoms with Crippen molar-refractivity contribution in [2.24, 2.45) is 0 Å². The molecule has 3 rings (SSSR count). The van der Waals surface area contributed by atoms with Gasteiger partial charge in [-0.05, 0) is 65.1 Å². The van der Waals surface area contributed by atoms with Crippen molar-refractivity contribution in [2.75, 3.05) is 10.6 Å². The number of rotatable bonds is 2. The number of benzene rings is 2. The molecule has 0 spiro atoms. The number of amides is 2. The number of hydrogen-bond donors (Lipinski definition) is 3. The average Bonchev–Trinajstić information content (AvgIpc) is 2.97. The minimum atomic E-state index is -0.725. The minimum Gasteiger partial charge on any atom is -0.318 e. The van der Waals surface area contributed by atoms with Crippen molar-refractivity contribution < 1.29 is 9.59 Å². The second-order valence-electron chi connectivity index (χ2n) is 4.59. The van der Waals surface area contributed by atoms with E-state index < -0.39 is 11.8 Å². The van der Waals surface area contributed by atoms with Gasteiger partial charge in [-0.1, -0.05) is 0 Å². The minimum absolute atomic E-state index is 0.527. The fourth-order valence-corrected chi connectivity index (χ4v) is 2.28. The molecule has 0 atom stereocenters. The highest BCUT2D eigenvalue weighted by Crippen LogP contribution is 2.16. The highest BCUT2D eigenvalue weighted by molar-refractivity contribution is 14.1. The molecule has 0 aliphatic heterocycles. The number of nitrogens with zero attached hydrogens (tertiary/aromatic N) is 1. The lowest BCUT2D eigenvalue weighted by Gasteiger charge is -2.06. The number of hydrogen-bond acceptors (Lipinski definition) is 3. The van der Waals surface area contributed by atoms with E-state index in [9.17, 15) is 9.59 Å².